The summed E-state index contributed by atoms with van der Waals surface area (Å²) < 4.78 is 35.4. The normalized spacial score (nSPS) is 20.0. The number of halogens is 2. The molecule has 2 aromatic rings. The average molecular weight is 487 g/mol. The fraction of sp³-hybridized carbons (Fsp3) is 0.481. The Hall–Kier alpha value is -3.16. The SMILES string of the molecule is CCC1(CC)C(=O)N(c2cccc(F)c2O)[C@H]1c1cc(F)c(N2CCC(CC=O)CC2)cc1OC. The van der Waals surface area contributed by atoms with Gasteiger partial charge in [0.15, 0.2) is 11.6 Å². The molecule has 2 aromatic carbocycles. The van der Waals surface area contributed by atoms with Crippen LogP contribution in [0.4, 0.5) is 20.2 Å². The first-order chi connectivity index (χ1) is 16.8. The molecular formula is C27H32F2N2O4. The van der Waals surface area contributed by atoms with Gasteiger partial charge < -0.3 is 19.5 Å². The number of piperidine rings is 1. The van der Waals surface area contributed by atoms with Crippen LogP contribution in [0.25, 0.3) is 0 Å². The molecule has 0 radical (unpaired) electrons. The Labute approximate surface area is 204 Å². The molecule has 0 bridgehead atoms. The van der Waals surface area contributed by atoms with Crippen LogP contribution in [0.2, 0.25) is 0 Å². The Bertz CT molecular complexity index is 1110. The van der Waals surface area contributed by atoms with Gasteiger partial charge in [-0.1, -0.05) is 19.9 Å². The van der Waals surface area contributed by atoms with Crippen molar-refractivity contribution in [2.45, 2.75) is 52.0 Å². The molecule has 1 atom stereocenters. The number of aldehydes is 1. The number of para-hydroxylation sites is 1. The second kappa shape index (κ2) is 9.84. The monoisotopic (exact) mass is 486 g/mol. The van der Waals surface area contributed by atoms with Crippen LogP contribution in [-0.4, -0.2) is 37.5 Å². The first kappa shape index (κ1) is 24.9. The van der Waals surface area contributed by atoms with Gasteiger partial charge in [0.05, 0.1) is 29.9 Å². The van der Waals surface area contributed by atoms with Crippen molar-refractivity contribution in [3.8, 4) is 11.5 Å². The van der Waals surface area contributed by atoms with Crippen LogP contribution in [-0.2, 0) is 9.59 Å². The lowest BCUT2D eigenvalue weighted by Crippen LogP contribution is -2.63. The van der Waals surface area contributed by atoms with Crippen LogP contribution in [0.3, 0.4) is 0 Å². The highest BCUT2D eigenvalue weighted by Crippen LogP contribution is 2.59. The highest BCUT2D eigenvalue weighted by molar-refractivity contribution is 6.07. The maximum Gasteiger partial charge on any atom is 0.236 e. The van der Waals surface area contributed by atoms with Gasteiger partial charge in [-0.15, -0.1) is 0 Å². The number of phenols is 1. The number of rotatable bonds is 8. The summed E-state index contributed by atoms with van der Waals surface area (Å²) in [5, 5.41) is 10.4. The molecule has 4 rings (SSSR count). The van der Waals surface area contributed by atoms with E-state index in [1.807, 2.05) is 18.7 Å². The van der Waals surface area contributed by atoms with Crippen molar-refractivity contribution in [2.75, 3.05) is 30.0 Å². The van der Waals surface area contributed by atoms with Crippen molar-refractivity contribution < 1.29 is 28.2 Å². The van der Waals surface area contributed by atoms with Gasteiger partial charge >= 0.3 is 0 Å². The van der Waals surface area contributed by atoms with E-state index >= 15 is 4.39 Å². The van der Waals surface area contributed by atoms with E-state index in [2.05, 4.69) is 0 Å². The van der Waals surface area contributed by atoms with Crippen LogP contribution < -0.4 is 14.5 Å². The molecule has 0 saturated carbocycles. The summed E-state index contributed by atoms with van der Waals surface area (Å²) in [7, 11) is 1.50. The second-order valence-electron chi connectivity index (χ2n) is 9.43. The maximum absolute atomic E-state index is 15.6. The topological polar surface area (TPSA) is 70.1 Å². The summed E-state index contributed by atoms with van der Waals surface area (Å²) in [4.78, 5) is 27.5. The number of hydrogen-bond acceptors (Lipinski definition) is 5. The van der Waals surface area contributed by atoms with Crippen LogP contribution in [0.1, 0.15) is 57.6 Å². The summed E-state index contributed by atoms with van der Waals surface area (Å²) in [5.41, 5.74) is 0.130. The summed E-state index contributed by atoms with van der Waals surface area (Å²) in [6.07, 6.45) is 4.07. The number of amides is 1. The molecule has 35 heavy (non-hydrogen) atoms. The van der Waals surface area contributed by atoms with E-state index in [-0.39, 0.29) is 11.6 Å². The smallest absolute Gasteiger partial charge is 0.236 e. The van der Waals surface area contributed by atoms with E-state index in [0.29, 0.717) is 55.3 Å². The molecule has 2 heterocycles. The molecular weight excluding hydrogens is 454 g/mol. The number of carbonyl (C=O) groups is 2. The number of aromatic hydroxyl groups is 1. The number of benzene rings is 2. The van der Waals surface area contributed by atoms with Gasteiger partial charge in [0, 0.05) is 31.1 Å². The molecule has 0 aliphatic carbocycles. The Kier molecular flexibility index (Phi) is 7.01. The number of β-lactam (4-membered cyclic amide) rings is 1. The van der Waals surface area contributed by atoms with Crippen molar-refractivity contribution >= 4 is 23.6 Å². The molecule has 2 fully saturated rings. The number of hydrogen-bond donors (Lipinski definition) is 1. The molecule has 2 saturated heterocycles. The Morgan fingerprint density at radius 2 is 1.80 bits per heavy atom. The molecule has 2 aliphatic rings. The summed E-state index contributed by atoms with van der Waals surface area (Å²) in [6.45, 7) is 5.07. The third kappa shape index (κ3) is 4.02. The zero-order valence-electron chi connectivity index (χ0n) is 20.4. The van der Waals surface area contributed by atoms with Crippen LogP contribution >= 0.6 is 0 Å². The fourth-order valence-corrected chi connectivity index (χ4v) is 5.71. The lowest BCUT2D eigenvalue weighted by atomic mass is 9.64. The molecule has 1 amide bonds. The van der Waals surface area contributed by atoms with Gasteiger partial charge in [0.1, 0.15) is 17.9 Å². The van der Waals surface area contributed by atoms with Crippen molar-refractivity contribution in [2.24, 2.45) is 11.3 Å². The van der Waals surface area contributed by atoms with E-state index in [9.17, 15) is 19.1 Å². The van der Waals surface area contributed by atoms with Crippen molar-refractivity contribution in [1.29, 1.82) is 0 Å². The zero-order valence-corrected chi connectivity index (χ0v) is 20.4. The number of ether oxygens (including phenoxy) is 1. The Morgan fingerprint density at radius 3 is 2.40 bits per heavy atom. The lowest BCUT2D eigenvalue weighted by molar-refractivity contribution is -0.141. The minimum atomic E-state index is -0.828. The predicted molar refractivity (Wildman–Crippen MR) is 130 cm³/mol. The first-order valence-corrected chi connectivity index (χ1v) is 12.2. The molecule has 8 heteroatoms. The summed E-state index contributed by atoms with van der Waals surface area (Å²) in [6, 6.07) is 6.48. The minimum absolute atomic E-state index is 0.0568. The maximum atomic E-state index is 15.6. The quantitative estimate of drug-likeness (QED) is 0.401. The molecule has 2 aliphatic heterocycles. The summed E-state index contributed by atoms with van der Waals surface area (Å²) >= 11 is 0. The third-order valence-corrected chi connectivity index (χ3v) is 7.89. The Balaban J connectivity index is 1.76. The van der Waals surface area contributed by atoms with Gasteiger partial charge in [0.2, 0.25) is 5.91 Å². The van der Waals surface area contributed by atoms with Gasteiger partial charge in [-0.05, 0) is 49.8 Å². The number of nitrogens with zero attached hydrogens (tertiary/aromatic N) is 2. The van der Waals surface area contributed by atoms with Crippen LogP contribution in [0.5, 0.6) is 11.5 Å². The fourth-order valence-electron chi connectivity index (χ4n) is 5.71. The van der Waals surface area contributed by atoms with E-state index in [0.717, 1.165) is 25.2 Å². The number of anilines is 2. The van der Waals surface area contributed by atoms with Crippen molar-refractivity contribution in [3.05, 3.63) is 47.5 Å². The first-order valence-electron chi connectivity index (χ1n) is 12.2. The highest BCUT2D eigenvalue weighted by Gasteiger charge is 2.60. The molecule has 0 spiro atoms. The van der Waals surface area contributed by atoms with E-state index in [4.69, 9.17) is 4.74 Å². The molecule has 188 valence electrons. The zero-order chi connectivity index (χ0) is 25.3. The third-order valence-electron chi connectivity index (χ3n) is 7.89. The van der Waals surface area contributed by atoms with Gasteiger partial charge in [-0.25, -0.2) is 8.78 Å². The van der Waals surface area contributed by atoms with E-state index in [1.54, 1.807) is 6.07 Å². The van der Waals surface area contributed by atoms with E-state index < -0.39 is 28.8 Å². The molecule has 6 nitrogen and oxygen atoms in total. The lowest BCUT2D eigenvalue weighted by Gasteiger charge is -2.56. The predicted octanol–water partition coefficient (Wildman–Crippen LogP) is 5.38. The van der Waals surface area contributed by atoms with Crippen molar-refractivity contribution in [3.63, 3.8) is 0 Å². The number of methoxy groups -OCH3 is 1. The van der Waals surface area contributed by atoms with Crippen LogP contribution in [0.15, 0.2) is 30.3 Å². The molecule has 1 N–H and O–H groups in total. The largest absolute Gasteiger partial charge is 0.503 e. The van der Waals surface area contributed by atoms with Gasteiger partial charge in [0.25, 0.3) is 0 Å². The second-order valence-corrected chi connectivity index (χ2v) is 9.43. The average Bonchev–Trinajstić information content (AvgIpc) is 2.86. The van der Waals surface area contributed by atoms with Crippen molar-refractivity contribution in [1.82, 2.24) is 0 Å². The Morgan fingerprint density at radius 1 is 1.11 bits per heavy atom. The van der Waals surface area contributed by atoms with Gasteiger partial charge in [-0.3, -0.25) is 9.69 Å². The standard InChI is InChI=1S/C27H32F2N2O4/c1-4-27(5-2)25(31(26(27)34)21-8-6-7-19(28)24(21)33)18-15-20(29)22(16-23(18)35-3)30-12-9-17(10-13-30)11-14-32/h6-8,14-17,25,33H,4-5,9-13H2,1-3H3/t25-/m0/s1. The number of carbonyl (C=O) groups excluding carboxylic acids is 2. The van der Waals surface area contributed by atoms with Crippen LogP contribution in [0, 0.1) is 23.0 Å². The minimum Gasteiger partial charge on any atom is -0.503 e. The van der Waals surface area contributed by atoms with E-state index in [1.165, 1.54) is 30.2 Å². The number of phenolic OH excluding ortho intramolecular Hbond substituents is 1. The molecule has 0 unspecified atom stereocenters. The summed E-state index contributed by atoms with van der Waals surface area (Å²) in [5.74, 6) is -1.36. The molecule has 0 aromatic heterocycles. The van der Waals surface area contributed by atoms with Gasteiger partial charge in [-0.2, -0.15) is 0 Å². The highest BCUT2D eigenvalue weighted by atomic mass is 19.1.